The lowest BCUT2D eigenvalue weighted by Gasteiger charge is -2.34. The molecule has 17 heavy (non-hydrogen) atoms. The van der Waals surface area contributed by atoms with Gasteiger partial charge >= 0.3 is 12.4 Å². The van der Waals surface area contributed by atoms with Gasteiger partial charge in [-0.25, -0.2) is 0 Å². The van der Waals surface area contributed by atoms with E-state index in [0.29, 0.717) is 13.0 Å². The second kappa shape index (κ2) is 5.01. The summed E-state index contributed by atoms with van der Waals surface area (Å²) in [5, 5.41) is 0. The van der Waals surface area contributed by atoms with E-state index in [1.54, 1.807) is 0 Å². The highest BCUT2D eigenvalue weighted by molar-refractivity contribution is 4.90. The van der Waals surface area contributed by atoms with Gasteiger partial charge in [0.2, 0.25) is 0 Å². The molecule has 2 nitrogen and oxygen atoms in total. The summed E-state index contributed by atoms with van der Waals surface area (Å²) in [6.07, 6.45) is -10.1. The van der Waals surface area contributed by atoms with Crippen LogP contribution in [0.3, 0.4) is 0 Å². The van der Waals surface area contributed by atoms with E-state index in [1.165, 1.54) is 0 Å². The first-order valence-electron chi connectivity index (χ1n) is 5.11. The van der Waals surface area contributed by atoms with Gasteiger partial charge in [0.05, 0.1) is 6.61 Å². The summed E-state index contributed by atoms with van der Waals surface area (Å²) in [4.78, 5) is 0. The van der Waals surface area contributed by atoms with Gasteiger partial charge in [0.15, 0.2) is 5.92 Å². The van der Waals surface area contributed by atoms with Crippen LogP contribution >= 0.6 is 0 Å². The molecule has 8 heteroatoms. The van der Waals surface area contributed by atoms with Gasteiger partial charge in [-0.1, -0.05) is 0 Å². The summed E-state index contributed by atoms with van der Waals surface area (Å²) in [6.45, 7) is 0.204. The van der Waals surface area contributed by atoms with Crippen molar-refractivity contribution < 1.29 is 31.1 Å². The van der Waals surface area contributed by atoms with Crippen molar-refractivity contribution in [2.45, 2.75) is 31.2 Å². The Morgan fingerprint density at radius 3 is 1.94 bits per heavy atom. The van der Waals surface area contributed by atoms with E-state index in [1.807, 2.05) is 0 Å². The number of ether oxygens (including phenoxy) is 1. The molecular formula is C9H13F6NO. The molecule has 1 aliphatic rings. The van der Waals surface area contributed by atoms with Crippen molar-refractivity contribution in [3.05, 3.63) is 0 Å². The standard InChI is InChI=1S/C9H13F6NO/c10-8(11,12)7(9(13,14)15)6(16)5-2-1-3-17-4-5/h5-7H,1-4,16H2. The molecule has 0 aliphatic carbocycles. The average Bonchev–Trinajstić information content (AvgIpc) is 2.14. The molecule has 0 aromatic heterocycles. The maximum atomic E-state index is 12.4. The van der Waals surface area contributed by atoms with E-state index in [-0.39, 0.29) is 13.0 Å². The summed E-state index contributed by atoms with van der Waals surface area (Å²) in [6, 6.07) is -2.00. The highest BCUT2D eigenvalue weighted by Crippen LogP contribution is 2.43. The maximum absolute atomic E-state index is 12.4. The molecule has 2 unspecified atom stereocenters. The van der Waals surface area contributed by atoms with Crippen molar-refractivity contribution in [3.8, 4) is 0 Å². The van der Waals surface area contributed by atoms with E-state index in [0.717, 1.165) is 0 Å². The van der Waals surface area contributed by atoms with Crippen molar-refractivity contribution in [2.24, 2.45) is 17.6 Å². The Morgan fingerprint density at radius 1 is 1.06 bits per heavy atom. The van der Waals surface area contributed by atoms with E-state index in [9.17, 15) is 26.3 Å². The molecular weight excluding hydrogens is 252 g/mol. The normalized spacial score (nSPS) is 25.1. The molecule has 1 rings (SSSR count). The predicted octanol–water partition coefficient (Wildman–Crippen LogP) is 2.48. The maximum Gasteiger partial charge on any atom is 0.402 e. The molecule has 1 aliphatic heterocycles. The molecule has 1 heterocycles. The van der Waals surface area contributed by atoms with Crippen LogP contribution in [0.2, 0.25) is 0 Å². The fraction of sp³-hybridized carbons (Fsp3) is 1.00. The largest absolute Gasteiger partial charge is 0.402 e. The van der Waals surface area contributed by atoms with Gasteiger partial charge < -0.3 is 10.5 Å². The molecule has 0 spiro atoms. The Balaban J connectivity index is 2.82. The van der Waals surface area contributed by atoms with Crippen LogP contribution in [-0.2, 0) is 4.74 Å². The monoisotopic (exact) mass is 265 g/mol. The molecule has 0 saturated carbocycles. The van der Waals surface area contributed by atoms with Gasteiger partial charge in [0.1, 0.15) is 0 Å². The van der Waals surface area contributed by atoms with Crippen molar-refractivity contribution >= 4 is 0 Å². The molecule has 0 radical (unpaired) electrons. The SMILES string of the molecule is NC(C1CCCOC1)C(C(F)(F)F)C(F)(F)F. The van der Waals surface area contributed by atoms with E-state index >= 15 is 0 Å². The van der Waals surface area contributed by atoms with Gasteiger partial charge in [0, 0.05) is 12.6 Å². The van der Waals surface area contributed by atoms with Gasteiger partial charge in [-0.2, -0.15) is 26.3 Å². The fourth-order valence-corrected chi connectivity index (χ4v) is 1.96. The third-order valence-electron chi connectivity index (χ3n) is 2.83. The zero-order chi connectivity index (χ0) is 13.3. The Hall–Kier alpha value is -0.500. The first-order chi connectivity index (χ1) is 7.64. The van der Waals surface area contributed by atoms with Crippen LogP contribution in [0.5, 0.6) is 0 Å². The zero-order valence-electron chi connectivity index (χ0n) is 8.81. The number of hydrogen-bond acceptors (Lipinski definition) is 2. The topological polar surface area (TPSA) is 35.2 Å². The highest BCUT2D eigenvalue weighted by atomic mass is 19.4. The van der Waals surface area contributed by atoms with Gasteiger partial charge in [-0.05, 0) is 18.8 Å². The van der Waals surface area contributed by atoms with Crippen LogP contribution in [0.1, 0.15) is 12.8 Å². The van der Waals surface area contributed by atoms with E-state index in [2.05, 4.69) is 0 Å². The lowest BCUT2D eigenvalue weighted by molar-refractivity contribution is -0.293. The zero-order valence-corrected chi connectivity index (χ0v) is 8.81. The summed E-state index contributed by atoms with van der Waals surface area (Å²) in [5.74, 6) is -4.39. The van der Waals surface area contributed by atoms with Gasteiger partial charge in [0.25, 0.3) is 0 Å². The first kappa shape index (κ1) is 14.6. The third-order valence-corrected chi connectivity index (χ3v) is 2.83. The number of hydrogen-bond donors (Lipinski definition) is 1. The highest BCUT2D eigenvalue weighted by Gasteiger charge is 2.60. The number of halogens is 6. The van der Waals surface area contributed by atoms with Crippen LogP contribution in [0, 0.1) is 11.8 Å². The second-order valence-electron chi connectivity index (χ2n) is 4.12. The number of alkyl halides is 6. The molecule has 0 aromatic rings. The smallest absolute Gasteiger partial charge is 0.381 e. The molecule has 1 saturated heterocycles. The average molecular weight is 265 g/mol. The van der Waals surface area contributed by atoms with Crippen molar-refractivity contribution in [1.29, 1.82) is 0 Å². The molecule has 102 valence electrons. The molecule has 1 fully saturated rings. The van der Waals surface area contributed by atoms with Crippen LogP contribution in [0.4, 0.5) is 26.3 Å². The second-order valence-corrected chi connectivity index (χ2v) is 4.12. The van der Waals surface area contributed by atoms with Gasteiger partial charge in [-0.15, -0.1) is 0 Å². The lowest BCUT2D eigenvalue weighted by atomic mass is 9.84. The summed E-state index contributed by atoms with van der Waals surface area (Å²) < 4.78 is 79.1. The number of nitrogens with two attached hydrogens (primary N) is 1. The van der Waals surface area contributed by atoms with Crippen LogP contribution in [-0.4, -0.2) is 31.6 Å². The lowest BCUT2D eigenvalue weighted by Crippen LogP contribution is -2.53. The third kappa shape index (κ3) is 3.74. The molecule has 0 aromatic carbocycles. The van der Waals surface area contributed by atoms with Crippen molar-refractivity contribution in [2.75, 3.05) is 13.2 Å². The quantitative estimate of drug-likeness (QED) is 0.778. The fourth-order valence-electron chi connectivity index (χ4n) is 1.96. The predicted molar refractivity (Wildman–Crippen MR) is 47.1 cm³/mol. The van der Waals surface area contributed by atoms with E-state index in [4.69, 9.17) is 10.5 Å². The van der Waals surface area contributed by atoms with Crippen molar-refractivity contribution in [1.82, 2.24) is 0 Å². The Bertz CT molecular complexity index is 231. The van der Waals surface area contributed by atoms with Crippen LogP contribution in [0.25, 0.3) is 0 Å². The molecule has 2 N–H and O–H groups in total. The minimum absolute atomic E-state index is 0.149. The first-order valence-corrected chi connectivity index (χ1v) is 5.11. The Labute approximate surface area is 94.1 Å². The number of rotatable bonds is 2. The Kier molecular flexibility index (Phi) is 4.29. The minimum atomic E-state index is -5.38. The molecule has 2 atom stereocenters. The Morgan fingerprint density at radius 2 is 1.59 bits per heavy atom. The van der Waals surface area contributed by atoms with E-state index < -0.39 is 30.2 Å². The summed E-state index contributed by atoms with van der Waals surface area (Å²) >= 11 is 0. The minimum Gasteiger partial charge on any atom is -0.381 e. The molecule has 0 amide bonds. The molecule has 0 bridgehead atoms. The van der Waals surface area contributed by atoms with Crippen LogP contribution in [0.15, 0.2) is 0 Å². The summed E-state index contributed by atoms with van der Waals surface area (Å²) in [5.41, 5.74) is 5.14. The van der Waals surface area contributed by atoms with Crippen LogP contribution < -0.4 is 5.73 Å². The summed E-state index contributed by atoms with van der Waals surface area (Å²) in [7, 11) is 0. The van der Waals surface area contributed by atoms with Crippen molar-refractivity contribution in [3.63, 3.8) is 0 Å². The van der Waals surface area contributed by atoms with Gasteiger partial charge in [-0.3, -0.25) is 0 Å².